The third kappa shape index (κ3) is 1.84. The molecule has 2 rings (SSSR count). The monoisotopic (exact) mass is 196 g/mol. The Morgan fingerprint density at radius 3 is 1.92 bits per heavy atom. The summed E-state index contributed by atoms with van der Waals surface area (Å²) < 4.78 is 0. The average molecular weight is 196 g/mol. The summed E-state index contributed by atoms with van der Waals surface area (Å²) in [5, 5.41) is 1.74. The van der Waals surface area contributed by atoms with Crippen molar-refractivity contribution in [2.24, 2.45) is 0 Å². The van der Waals surface area contributed by atoms with Crippen molar-refractivity contribution in [2.45, 2.75) is 63.7 Å². The Morgan fingerprint density at radius 1 is 1.08 bits per heavy atom. The minimum Gasteiger partial charge on any atom is -0.0842 e. The Kier molecular flexibility index (Phi) is 3.09. The normalized spacial score (nSPS) is 40.5. The first-order valence-electron chi connectivity index (χ1n) is 5.74. The quantitative estimate of drug-likeness (QED) is 0.542. The SMILES string of the molecule is CC=C(C)P1C2CCCC1CCC2. The highest BCUT2D eigenvalue weighted by Crippen LogP contribution is 2.63. The number of allylic oxidation sites excluding steroid dienone is 2. The molecule has 0 aromatic carbocycles. The third-order valence-corrected chi connectivity index (χ3v) is 7.44. The summed E-state index contributed by atoms with van der Waals surface area (Å²) in [5.41, 5.74) is 2.22. The molecule has 0 aliphatic carbocycles. The molecule has 2 fully saturated rings. The van der Waals surface area contributed by atoms with Gasteiger partial charge in [0.2, 0.25) is 0 Å². The fourth-order valence-electron chi connectivity index (χ4n) is 3.05. The maximum atomic E-state index is 2.38. The molecule has 0 unspecified atom stereocenters. The van der Waals surface area contributed by atoms with Gasteiger partial charge in [0.05, 0.1) is 0 Å². The first-order valence-corrected chi connectivity index (χ1v) is 7.22. The van der Waals surface area contributed by atoms with Gasteiger partial charge >= 0.3 is 0 Å². The van der Waals surface area contributed by atoms with Crippen molar-refractivity contribution < 1.29 is 0 Å². The molecular formula is C12H21P. The largest absolute Gasteiger partial charge is 0.0842 e. The van der Waals surface area contributed by atoms with Crippen LogP contribution in [0.3, 0.4) is 0 Å². The fourth-order valence-corrected chi connectivity index (χ4v) is 6.94. The Morgan fingerprint density at radius 2 is 1.54 bits per heavy atom. The highest BCUT2D eigenvalue weighted by molar-refractivity contribution is 7.63. The van der Waals surface area contributed by atoms with Crippen molar-refractivity contribution in [3.63, 3.8) is 0 Å². The van der Waals surface area contributed by atoms with E-state index in [2.05, 4.69) is 19.9 Å². The summed E-state index contributed by atoms with van der Waals surface area (Å²) in [6.07, 6.45) is 11.6. The van der Waals surface area contributed by atoms with E-state index in [1.54, 1.807) is 5.31 Å². The van der Waals surface area contributed by atoms with E-state index in [0.717, 1.165) is 11.3 Å². The second-order valence-corrected chi connectivity index (χ2v) is 7.49. The van der Waals surface area contributed by atoms with E-state index in [0.29, 0.717) is 7.92 Å². The first kappa shape index (κ1) is 9.71. The zero-order chi connectivity index (χ0) is 9.26. The molecule has 0 amide bonds. The molecule has 2 heterocycles. The summed E-state index contributed by atoms with van der Waals surface area (Å²) in [4.78, 5) is 0. The molecule has 1 heteroatoms. The molecule has 0 saturated carbocycles. The number of hydrogen-bond acceptors (Lipinski definition) is 0. The van der Waals surface area contributed by atoms with Gasteiger partial charge in [-0.15, -0.1) is 0 Å². The number of rotatable bonds is 1. The van der Waals surface area contributed by atoms with Crippen LogP contribution in [0.5, 0.6) is 0 Å². The van der Waals surface area contributed by atoms with Gasteiger partial charge in [0, 0.05) is 0 Å². The summed E-state index contributed by atoms with van der Waals surface area (Å²) in [7, 11) is 0.290. The molecule has 0 spiro atoms. The van der Waals surface area contributed by atoms with Crippen LogP contribution in [-0.2, 0) is 0 Å². The van der Waals surface area contributed by atoms with Crippen LogP contribution in [0.2, 0.25) is 0 Å². The minimum absolute atomic E-state index is 0.290. The Bertz CT molecular complexity index is 185. The van der Waals surface area contributed by atoms with E-state index in [-0.39, 0.29) is 0 Å². The van der Waals surface area contributed by atoms with Crippen molar-refractivity contribution in [3.05, 3.63) is 11.4 Å². The molecule has 13 heavy (non-hydrogen) atoms. The lowest BCUT2D eigenvalue weighted by molar-refractivity contribution is 0.477. The van der Waals surface area contributed by atoms with Gasteiger partial charge in [-0.25, -0.2) is 0 Å². The molecule has 0 nitrogen and oxygen atoms in total. The molecule has 2 saturated heterocycles. The highest BCUT2D eigenvalue weighted by Gasteiger charge is 2.36. The standard InChI is InChI=1S/C12H21P/c1-3-10(2)13-11-6-4-7-12(13)9-5-8-11/h3,11-12H,4-9H2,1-2H3. The average Bonchev–Trinajstić information content (AvgIpc) is 2.15. The van der Waals surface area contributed by atoms with Gasteiger partial charge in [0.15, 0.2) is 0 Å². The molecule has 0 N–H and O–H groups in total. The van der Waals surface area contributed by atoms with Gasteiger partial charge in [-0.2, -0.15) is 0 Å². The van der Waals surface area contributed by atoms with Crippen LogP contribution < -0.4 is 0 Å². The Balaban J connectivity index is 2.15. The van der Waals surface area contributed by atoms with Crippen LogP contribution in [0.15, 0.2) is 11.4 Å². The Hall–Kier alpha value is 0.170. The minimum atomic E-state index is 0.290. The predicted octanol–water partition coefficient (Wildman–Crippen LogP) is 4.50. The molecular weight excluding hydrogens is 175 g/mol. The lowest BCUT2D eigenvalue weighted by Crippen LogP contribution is -2.26. The van der Waals surface area contributed by atoms with Crippen LogP contribution in [0.25, 0.3) is 0 Å². The predicted molar refractivity (Wildman–Crippen MR) is 61.6 cm³/mol. The van der Waals surface area contributed by atoms with Crippen molar-refractivity contribution in [1.29, 1.82) is 0 Å². The maximum absolute atomic E-state index is 2.38. The van der Waals surface area contributed by atoms with E-state index in [4.69, 9.17) is 0 Å². The van der Waals surface area contributed by atoms with Crippen LogP contribution >= 0.6 is 7.92 Å². The summed E-state index contributed by atoms with van der Waals surface area (Å²) in [6, 6.07) is 0. The first-order chi connectivity index (χ1) is 6.33. The van der Waals surface area contributed by atoms with Crippen LogP contribution in [0.1, 0.15) is 52.4 Å². The second kappa shape index (κ2) is 4.13. The van der Waals surface area contributed by atoms with Crippen LogP contribution in [0, 0.1) is 0 Å². The van der Waals surface area contributed by atoms with Gasteiger partial charge in [-0.05, 0) is 50.8 Å². The molecule has 2 aliphatic heterocycles. The van der Waals surface area contributed by atoms with E-state index in [9.17, 15) is 0 Å². The second-order valence-electron chi connectivity index (χ2n) is 4.51. The number of fused-ring (bicyclic) bond motifs is 2. The zero-order valence-electron chi connectivity index (χ0n) is 8.92. The summed E-state index contributed by atoms with van der Waals surface area (Å²) in [5.74, 6) is 0. The van der Waals surface area contributed by atoms with Gasteiger partial charge < -0.3 is 0 Å². The molecule has 2 bridgehead atoms. The fraction of sp³-hybridized carbons (Fsp3) is 0.833. The van der Waals surface area contributed by atoms with Gasteiger partial charge in [-0.3, -0.25) is 0 Å². The summed E-state index contributed by atoms with van der Waals surface area (Å²) in [6.45, 7) is 4.60. The topological polar surface area (TPSA) is 0 Å². The molecule has 2 aliphatic rings. The third-order valence-electron chi connectivity index (χ3n) is 3.76. The van der Waals surface area contributed by atoms with E-state index < -0.39 is 0 Å². The lowest BCUT2D eigenvalue weighted by Gasteiger charge is -2.43. The highest BCUT2D eigenvalue weighted by atomic mass is 31.1. The van der Waals surface area contributed by atoms with Crippen LogP contribution in [0.4, 0.5) is 0 Å². The molecule has 0 aromatic heterocycles. The van der Waals surface area contributed by atoms with Crippen molar-refractivity contribution in [3.8, 4) is 0 Å². The lowest BCUT2D eigenvalue weighted by atomic mass is 9.99. The molecule has 74 valence electrons. The van der Waals surface area contributed by atoms with E-state index in [1.807, 2.05) is 0 Å². The van der Waals surface area contributed by atoms with Gasteiger partial charge in [0.25, 0.3) is 0 Å². The molecule has 0 aromatic rings. The van der Waals surface area contributed by atoms with Crippen LogP contribution in [-0.4, -0.2) is 11.3 Å². The van der Waals surface area contributed by atoms with Crippen molar-refractivity contribution in [1.82, 2.24) is 0 Å². The maximum Gasteiger partial charge on any atom is -0.0170 e. The molecule has 0 radical (unpaired) electrons. The van der Waals surface area contributed by atoms with Crippen molar-refractivity contribution >= 4 is 7.92 Å². The smallest absolute Gasteiger partial charge is 0.0170 e. The van der Waals surface area contributed by atoms with E-state index in [1.165, 1.54) is 38.5 Å². The van der Waals surface area contributed by atoms with Gasteiger partial charge in [0.1, 0.15) is 0 Å². The zero-order valence-corrected chi connectivity index (χ0v) is 9.82. The van der Waals surface area contributed by atoms with Crippen molar-refractivity contribution in [2.75, 3.05) is 0 Å². The van der Waals surface area contributed by atoms with Gasteiger partial charge in [-0.1, -0.05) is 32.2 Å². The van der Waals surface area contributed by atoms with E-state index >= 15 is 0 Å². The number of hydrogen-bond donors (Lipinski definition) is 0. The Labute approximate surface area is 83.6 Å². The molecule has 0 atom stereocenters. The summed E-state index contributed by atoms with van der Waals surface area (Å²) >= 11 is 0.